The summed E-state index contributed by atoms with van der Waals surface area (Å²) in [7, 11) is 3.13. The zero-order chi connectivity index (χ0) is 19.5. The average Bonchev–Trinajstić information content (AvgIpc) is 3.38. The minimum atomic E-state index is -0.149. The zero-order valence-corrected chi connectivity index (χ0v) is 16.0. The van der Waals surface area contributed by atoms with E-state index in [1.165, 1.54) is 0 Å². The number of fused-ring (bicyclic) bond motifs is 1. The van der Waals surface area contributed by atoms with Crippen LogP contribution in [0.15, 0.2) is 62.6 Å². The highest BCUT2D eigenvalue weighted by Gasteiger charge is 2.16. The summed E-state index contributed by atoms with van der Waals surface area (Å²) in [6, 6.07) is 14.5. The summed E-state index contributed by atoms with van der Waals surface area (Å²) < 4.78 is 21.7. The largest absolute Gasteiger partial charge is 0.497 e. The number of carbonyl (C=O) groups excluding carboxylic acids is 1. The molecule has 0 radical (unpaired) electrons. The summed E-state index contributed by atoms with van der Waals surface area (Å²) in [5, 5.41) is 9.22. The molecule has 0 unspecified atom stereocenters. The Kier molecular flexibility index (Phi) is 5.03. The molecule has 0 spiro atoms. The topological polar surface area (TPSA) is 87.6 Å². The van der Waals surface area contributed by atoms with Gasteiger partial charge in [-0.1, -0.05) is 30.0 Å². The molecule has 0 fully saturated rings. The third-order valence-electron chi connectivity index (χ3n) is 4.03. The number of hydrogen-bond donors (Lipinski definition) is 0. The number of furan rings is 1. The Bertz CT molecular complexity index is 1080. The SMILES string of the molecule is COc1cc(OC)cc(-c2nnc(SCC(=O)c3cc4ccccc4o3)o2)c1. The van der Waals surface area contributed by atoms with Crippen LogP contribution in [-0.4, -0.2) is 36.0 Å². The van der Waals surface area contributed by atoms with Crippen LogP contribution in [0.5, 0.6) is 11.5 Å². The van der Waals surface area contributed by atoms with Crippen LogP contribution >= 0.6 is 11.8 Å². The summed E-state index contributed by atoms with van der Waals surface area (Å²) in [5.74, 6) is 1.83. The molecule has 0 atom stereocenters. The molecule has 8 heteroatoms. The smallest absolute Gasteiger partial charge is 0.277 e. The van der Waals surface area contributed by atoms with Crippen molar-refractivity contribution in [3.63, 3.8) is 0 Å². The van der Waals surface area contributed by atoms with Gasteiger partial charge in [-0.25, -0.2) is 0 Å². The van der Waals surface area contributed by atoms with Crippen LogP contribution in [0.25, 0.3) is 22.4 Å². The van der Waals surface area contributed by atoms with Crippen molar-refractivity contribution in [2.45, 2.75) is 5.22 Å². The number of ketones is 1. The molecule has 28 heavy (non-hydrogen) atoms. The fraction of sp³-hybridized carbons (Fsp3) is 0.150. The lowest BCUT2D eigenvalue weighted by molar-refractivity contribution is 0.0994. The molecule has 0 amide bonds. The number of methoxy groups -OCH3 is 2. The van der Waals surface area contributed by atoms with Gasteiger partial charge >= 0.3 is 0 Å². The Morgan fingerprint density at radius 1 is 1.00 bits per heavy atom. The van der Waals surface area contributed by atoms with Crippen molar-refractivity contribution in [1.82, 2.24) is 10.2 Å². The Balaban J connectivity index is 1.47. The van der Waals surface area contributed by atoms with Crippen LogP contribution < -0.4 is 9.47 Å². The standard InChI is InChI=1S/C20H16N2O5S/c1-24-14-7-13(8-15(10-14)25-2)19-21-22-20(27-19)28-11-16(23)18-9-12-5-3-4-6-17(12)26-18/h3-10H,11H2,1-2H3. The average molecular weight is 396 g/mol. The maximum absolute atomic E-state index is 12.4. The molecule has 0 saturated carbocycles. The summed E-state index contributed by atoms with van der Waals surface area (Å²) in [4.78, 5) is 12.4. The molecule has 0 saturated heterocycles. The van der Waals surface area contributed by atoms with Crippen LogP contribution in [0, 0.1) is 0 Å². The van der Waals surface area contributed by atoms with Gasteiger partial charge in [-0.05, 0) is 24.3 Å². The quantitative estimate of drug-likeness (QED) is 0.334. The van der Waals surface area contributed by atoms with Gasteiger partial charge < -0.3 is 18.3 Å². The molecular formula is C20H16N2O5S. The maximum Gasteiger partial charge on any atom is 0.277 e. The Morgan fingerprint density at radius 2 is 1.75 bits per heavy atom. The molecule has 0 aliphatic heterocycles. The lowest BCUT2D eigenvalue weighted by Crippen LogP contribution is -2.00. The van der Waals surface area contributed by atoms with E-state index in [-0.39, 0.29) is 11.5 Å². The van der Waals surface area contributed by atoms with Crippen LogP contribution in [0.1, 0.15) is 10.6 Å². The first-order chi connectivity index (χ1) is 13.7. The number of para-hydroxylation sites is 1. The summed E-state index contributed by atoms with van der Waals surface area (Å²) in [6.07, 6.45) is 0. The molecular weight excluding hydrogens is 380 g/mol. The van der Waals surface area contributed by atoms with E-state index in [1.54, 1.807) is 38.5 Å². The lowest BCUT2D eigenvalue weighted by atomic mass is 10.2. The predicted molar refractivity (Wildman–Crippen MR) is 104 cm³/mol. The molecule has 2 heterocycles. The number of Topliss-reactive ketones (excluding diaryl/α,β-unsaturated/α-hetero) is 1. The van der Waals surface area contributed by atoms with Gasteiger partial charge in [0.25, 0.3) is 5.22 Å². The number of rotatable bonds is 7. The van der Waals surface area contributed by atoms with E-state index in [1.807, 2.05) is 24.3 Å². The first kappa shape index (κ1) is 18.1. The predicted octanol–water partition coefficient (Wildman–Crippen LogP) is 4.48. The van der Waals surface area contributed by atoms with E-state index < -0.39 is 0 Å². The molecule has 0 aliphatic carbocycles. The summed E-state index contributed by atoms with van der Waals surface area (Å²) in [6.45, 7) is 0. The Hall–Kier alpha value is -3.26. The molecule has 7 nitrogen and oxygen atoms in total. The number of carbonyl (C=O) groups is 1. The van der Waals surface area contributed by atoms with Crippen LogP contribution in [0.4, 0.5) is 0 Å². The van der Waals surface area contributed by atoms with Gasteiger partial charge in [0.05, 0.1) is 20.0 Å². The van der Waals surface area contributed by atoms with E-state index in [0.717, 1.165) is 17.1 Å². The highest BCUT2D eigenvalue weighted by molar-refractivity contribution is 7.99. The number of ether oxygens (including phenoxy) is 2. The Morgan fingerprint density at radius 3 is 2.46 bits per heavy atom. The molecule has 2 aromatic heterocycles. The van der Waals surface area contributed by atoms with E-state index >= 15 is 0 Å². The zero-order valence-electron chi connectivity index (χ0n) is 15.2. The van der Waals surface area contributed by atoms with E-state index in [4.69, 9.17) is 18.3 Å². The van der Waals surface area contributed by atoms with Gasteiger partial charge in [0, 0.05) is 17.0 Å². The van der Waals surface area contributed by atoms with Crippen molar-refractivity contribution in [2.24, 2.45) is 0 Å². The fourth-order valence-electron chi connectivity index (χ4n) is 2.63. The first-order valence-electron chi connectivity index (χ1n) is 8.38. The number of aromatic nitrogens is 2. The number of thioether (sulfide) groups is 1. The van der Waals surface area contributed by atoms with Crippen molar-refractivity contribution in [2.75, 3.05) is 20.0 Å². The van der Waals surface area contributed by atoms with Crippen molar-refractivity contribution >= 4 is 28.5 Å². The monoisotopic (exact) mass is 396 g/mol. The molecule has 0 bridgehead atoms. The molecule has 4 rings (SSSR count). The molecule has 4 aromatic rings. The Labute approximate surface area is 164 Å². The third kappa shape index (κ3) is 3.72. The second-order valence-electron chi connectivity index (χ2n) is 5.83. The molecule has 0 N–H and O–H groups in total. The normalized spacial score (nSPS) is 10.9. The van der Waals surface area contributed by atoms with Crippen LogP contribution in [-0.2, 0) is 0 Å². The number of benzene rings is 2. The van der Waals surface area contributed by atoms with Crippen molar-refractivity contribution in [1.29, 1.82) is 0 Å². The maximum atomic E-state index is 12.4. The van der Waals surface area contributed by atoms with Gasteiger partial charge in [0.15, 0.2) is 5.76 Å². The lowest BCUT2D eigenvalue weighted by Gasteiger charge is -2.05. The van der Waals surface area contributed by atoms with Crippen molar-refractivity contribution < 1.29 is 23.1 Å². The molecule has 0 aliphatic rings. The molecule has 2 aromatic carbocycles. The van der Waals surface area contributed by atoms with E-state index in [0.29, 0.717) is 39.5 Å². The third-order valence-corrected chi connectivity index (χ3v) is 4.85. The van der Waals surface area contributed by atoms with Gasteiger partial charge in [-0.2, -0.15) is 0 Å². The fourth-order valence-corrected chi connectivity index (χ4v) is 3.27. The van der Waals surface area contributed by atoms with Gasteiger partial charge in [0.2, 0.25) is 11.7 Å². The summed E-state index contributed by atoms with van der Waals surface area (Å²) in [5.41, 5.74) is 1.35. The van der Waals surface area contributed by atoms with Crippen molar-refractivity contribution in [3.05, 3.63) is 54.3 Å². The van der Waals surface area contributed by atoms with Gasteiger partial charge in [0.1, 0.15) is 17.1 Å². The van der Waals surface area contributed by atoms with Crippen molar-refractivity contribution in [3.8, 4) is 23.0 Å². The second kappa shape index (κ2) is 7.77. The minimum Gasteiger partial charge on any atom is -0.497 e. The number of nitrogens with zero attached hydrogens (tertiary/aromatic N) is 2. The van der Waals surface area contributed by atoms with Crippen LogP contribution in [0.2, 0.25) is 0 Å². The summed E-state index contributed by atoms with van der Waals surface area (Å²) >= 11 is 1.16. The highest BCUT2D eigenvalue weighted by Crippen LogP contribution is 2.30. The van der Waals surface area contributed by atoms with Gasteiger partial charge in [-0.15, -0.1) is 10.2 Å². The van der Waals surface area contributed by atoms with E-state index in [2.05, 4.69) is 10.2 Å². The minimum absolute atomic E-state index is 0.128. The van der Waals surface area contributed by atoms with Gasteiger partial charge in [-0.3, -0.25) is 4.79 Å². The number of hydrogen-bond acceptors (Lipinski definition) is 8. The highest BCUT2D eigenvalue weighted by atomic mass is 32.2. The second-order valence-corrected chi connectivity index (χ2v) is 6.76. The van der Waals surface area contributed by atoms with Crippen LogP contribution in [0.3, 0.4) is 0 Å². The first-order valence-corrected chi connectivity index (χ1v) is 9.36. The van der Waals surface area contributed by atoms with E-state index in [9.17, 15) is 4.79 Å². The molecule has 142 valence electrons.